The van der Waals surface area contributed by atoms with Crippen LogP contribution in [-0.4, -0.2) is 6.54 Å². The molecular formula is C19H33N. The molecule has 1 aromatic rings. The lowest BCUT2D eigenvalue weighted by Crippen LogP contribution is -2.18. The topological polar surface area (TPSA) is 26.0 Å². The zero-order chi connectivity index (χ0) is 15.3. The predicted octanol–water partition coefficient (Wildman–Crippen LogP) is 5.24. The fourth-order valence-electron chi connectivity index (χ4n) is 2.73. The number of hydrogen-bond donors (Lipinski definition) is 1. The number of benzene rings is 1. The summed E-state index contributed by atoms with van der Waals surface area (Å²) in [6.07, 6.45) is 3.48. The van der Waals surface area contributed by atoms with Crippen molar-refractivity contribution >= 4 is 0 Å². The summed E-state index contributed by atoms with van der Waals surface area (Å²) in [5, 5.41) is 0. The molecule has 114 valence electrons. The van der Waals surface area contributed by atoms with E-state index >= 15 is 0 Å². The first-order valence-corrected chi connectivity index (χ1v) is 8.09. The van der Waals surface area contributed by atoms with Crippen molar-refractivity contribution in [2.75, 3.05) is 6.54 Å². The molecule has 0 heterocycles. The number of nitrogens with two attached hydrogens (primary N) is 1. The Balaban J connectivity index is 2.89. The highest BCUT2D eigenvalue weighted by Crippen LogP contribution is 2.30. The summed E-state index contributed by atoms with van der Waals surface area (Å²) in [6.45, 7) is 14.6. The lowest BCUT2D eigenvalue weighted by molar-refractivity contribution is 0.313. The van der Waals surface area contributed by atoms with E-state index in [1.165, 1.54) is 29.5 Å². The van der Waals surface area contributed by atoms with Gasteiger partial charge in [-0.05, 0) is 59.7 Å². The van der Waals surface area contributed by atoms with Crippen molar-refractivity contribution in [2.45, 2.75) is 72.6 Å². The predicted molar refractivity (Wildman–Crippen MR) is 90.4 cm³/mol. The molecule has 0 spiro atoms. The molecular weight excluding hydrogens is 242 g/mol. The Morgan fingerprint density at radius 1 is 1.00 bits per heavy atom. The second-order valence-corrected chi connectivity index (χ2v) is 7.47. The molecule has 0 saturated carbocycles. The van der Waals surface area contributed by atoms with Crippen molar-refractivity contribution in [3.8, 4) is 0 Å². The third-order valence-electron chi connectivity index (χ3n) is 4.35. The van der Waals surface area contributed by atoms with Crippen molar-refractivity contribution in [1.82, 2.24) is 0 Å². The highest BCUT2D eigenvalue weighted by atomic mass is 14.5. The summed E-state index contributed by atoms with van der Waals surface area (Å²) in [5.41, 5.74) is 10.6. The lowest BCUT2D eigenvalue weighted by Gasteiger charge is -2.25. The quantitative estimate of drug-likeness (QED) is 0.723. The second-order valence-electron chi connectivity index (χ2n) is 7.47. The third-order valence-corrected chi connectivity index (χ3v) is 4.35. The number of aryl methyl sites for hydroxylation is 1. The van der Waals surface area contributed by atoms with E-state index in [9.17, 15) is 0 Å². The summed E-state index contributed by atoms with van der Waals surface area (Å²) in [6, 6.07) is 7.08. The van der Waals surface area contributed by atoms with E-state index in [0.717, 1.165) is 13.0 Å². The third kappa shape index (κ3) is 4.94. The monoisotopic (exact) mass is 275 g/mol. The zero-order valence-electron chi connectivity index (χ0n) is 14.3. The van der Waals surface area contributed by atoms with Gasteiger partial charge in [-0.1, -0.05) is 59.7 Å². The Bertz CT molecular complexity index is 416. The molecule has 0 aliphatic rings. The molecule has 0 atom stereocenters. The van der Waals surface area contributed by atoms with Crippen molar-refractivity contribution in [2.24, 2.45) is 11.1 Å². The van der Waals surface area contributed by atoms with E-state index in [0.29, 0.717) is 17.3 Å². The van der Waals surface area contributed by atoms with Crippen molar-refractivity contribution in [3.63, 3.8) is 0 Å². The van der Waals surface area contributed by atoms with Gasteiger partial charge < -0.3 is 5.73 Å². The van der Waals surface area contributed by atoms with E-state index in [1.54, 1.807) is 0 Å². The van der Waals surface area contributed by atoms with Gasteiger partial charge in [0.2, 0.25) is 0 Å². The molecule has 0 amide bonds. The average Bonchev–Trinajstić information content (AvgIpc) is 2.36. The van der Waals surface area contributed by atoms with Crippen LogP contribution in [0.4, 0.5) is 0 Å². The summed E-state index contributed by atoms with van der Waals surface area (Å²) < 4.78 is 0. The molecule has 1 rings (SSSR count). The van der Waals surface area contributed by atoms with Crippen LogP contribution in [0.3, 0.4) is 0 Å². The molecule has 0 aliphatic carbocycles. The Hall–Kier alpha value is -0.820. The molecule has 20 heavy (non-hydrogen) atoms. The molecule has 0 bridgehead atoms. The molecule has 0 radical (unpaired) electrons. The minimum atomic E-state index is 0.347. The molecule has 1 heteroatoms. The number of hydrogen-bond acceptors (Lipinski definition) is 1. The number of rotatable bonds is 7. The van der Waals surface area contributed by atoms with Crippen molar-refractivity contribution in [1.29, 1.82) is 0 Å². The van der Waals surface area contributed by atoms with E-state index in [-0.39, 0.29) is 0 Å². The highest BCUT2D eigenvalue weighted by molar-refractivity contribution is 5.35. The van der Waals surface area contributed by atoms with Crippen LogP contribution in [0, 0.1) is 5.41 Å². The van der Waals surface area contributed by atoms with Crippen LogP contribution in [0.1, 0.15) is 82.9 Å². The van der Waals surface area contributed by atoms with Crippen LogP contribution in [0.25, 0.3) is 0 Å². The molecule has 0 aromatic heterocycles. The Kier molecular flexibility index (Phi) is 6.26. The Labute approximate surface area is 126 Å². The van der Waals surface area contributed by atoms with Gasteiger partial charge in [0.1, 0.15) is 0 Å². The van der Waals surface area contributed by atoms with Crippen LogP contribution in [0.15, 0.2) is 18.2 Å². The fourth-order valence-corrected chi connectivity index (χ4v) is 2.73. The van der Waals surface area contributed by atoms with Crippen molar-refractivity contribution in [3.05, 3.63) is 34.9 Å². The SMILES string of the molecule is CC(C)c1ccc(CCC(C)(C)CCN)c(C(C)C)c1. The largest absolute Gasteiger partial charge is 0.330 e. The summed E-state index contributed by atoms with van der Waals surface area (Å²) in [4.78, 5) is 0. The molecule has 1 aromatic carbocycles. The van der Waals surface area contributed by atoms with Crippen LogP contribution < -0.4 is 5.73 Å². The summed E-state index contributed by atoms with van der Waals surface area (Å²) >= 11 is 0. The first-order valence-electron chi connectivity index (χ1n) is 8.09. The van der Waals surface area contributed by atoms with Crippen molar-refractivity contribution < 1.29 is 0 Å². The normalized spacial score (nSPS) is 12.4. The van der Waals surface area contributed by atoms with E-state index in [2.05, 4.69) is 59.7 Å². The van der Waals surface area contributed by atoms with E-state index < -0.39 is 0 Å². The van der Waals surface area contributed by atoms with Gasteiger partial charge >= 0.3 is 0 Å². The lowest BCUT2D eigenvalue weighted by atomic mass is 9.81. The second kappa shape index (κ2) is 7.26. The van der Waals surface area contributed by atoms with Gasteiger partial charge in [0, 0.05) is 0 Å². The van der Waals surface area contributed by atoms with E-state index in [1.807, 2.05) is 0 Å². The average molecular weight is 275 g/mol. The van der Waals surface area contributed by atoms with Crippen LogP contribution in [-0.2, 0) is 6.42 Å². The minimum absolute atomic E-state index is 0.347. The maximum absolute atomic E-state index is 5.71. The first-order chi connectivity index (χ1) is 9.26. The van der Waals surface area contributed by atoms with Gasteiger partial charge in [0.25, 0.3) is 0 Å². The first kappa shape index (κ1) is 17.2. The Morgan fingerprint density at radius 3 is 2.15 bits per heavy atom. The van der Waals surface area contributed by atoms with Gasteiger partial charge in [-0.2, -0.15) is 0 Å². The summed E-state index contributed by atoms with van der Waals surface area (Å²) in [5.74, 6) is 1.21. The highest BCUT2D eigenvalue weighted by Gasteiger charge is 2.18. The molecule has 0 aliphatic heterocycles. The smallest absolute Gasteiger partial charge is 0.00722 e. The van der Waals surface area contributed by atoms with Gasteiger partial charge in [0.05, 0.1) is 0 Å². The molecule has 0 fully saturated rings. The maximum Gasteiger partial charge on any atom is -0.00722 e. The molecule has 2 N–H and O–H groups in total. The van der Waals surface area contributed by atoms with Crippen LogP contribution >= 0.6 is 0 Å². The summed E-state index contributed by atoms with van der Waals surface area (Å²) in [7, 11) is 0. The van der Waals surface area contributed by atoms with Gasteiger partial charge in [0.15, 0.2) is 0 Å². The Morgan fingerprint density at radius 2 is 1.65 bits per heavy atom. The standard InChI is InChI=1S/C19H33N/c1-14(2)17-8-7-16(18(13-17)15(3)4)9-10-19(5,6)11-12-20/h7-8,13-15H,9-12,20H2,1-6H3. The fraction of sp³-hybridized carbons (Fsp3) is 0.684. The van der Waals surface area contributed by atoms with Crippen LogP contribution in [0.2, 0.25) is 0 Å². The maximum atomic E-state index is 5.71. The van der Waals surface area contributed by atoms with E-state index in [4.69, 9.17) is 5.73 Å². The van der Waals surface area contributed by atoms with Gasteiger partial charge in [-0.25, -0.2) is 0 Å². The molecule has 0 saturated heterocycles. The molecule has 0 unspecified atom stereocenters. The minimum Gasteiger partial charge on any atom is -0.330 e. The van der Waals surface area contributed by atoms with Gasteiger partial charge in [-0.3, -0.25) is 0 Å². The van der Waals surface area contributed by atoms with Gasteiger partial charge in [-0.15, -0.1) is 0 Å². The zero-order valence-corrected chi connectivity index (χ0v) is 14.3. The molecule has 1 nitrogen and oxygen atoms in total. The van der Waals surface area contributed by atoms with Crippen LogP contribution in [0.5, 0.6) is 0 Å².